The number of rotatable bonds is 9. The number of fused-ring (bicyclic) bond motifs is 1. The number of aliphatic hydroxyl groups is 1. The number of benzene rings is 3. The number of aryl methyl sites for hydroxylation is 1. The van der Waals surface area contributed by atoms with E-state index in [1.165, 1.54) is 54.4 Å². The van der Waals surface area contributed by atoms with Crippen molar-refractivity contribution in [1.29, 1.82) is 0 Å². The molecule has 0 radical (unpaired) electrons. The van der Waals surface area contributed by atoms with Crippen LogP contribution in [0.3, 0.4) is 0 Å². The van der Waals surface area contributed by atoms with Crippen LogP contribution in [0.4, 0.5) is 10.1 Å². The summed E-state index contributed by atoms with van der Waals surface area (Å²) in [5.41, 5.74) is 0.934. The second kappa shape index (κ2) is 12.4. The van der Waals surface area contributed by atoms with Crippen LogP contribution in [-0.4, -0.2) is 75.9 Å². The lowest BCUT2D eigenvalue weighted by atomic mass is 9.99. The summed E-state index contributed by atoms with van der Waals surface area (Å²) in [6.07, 6.45) is -0.851. The van der Waals surface area contributed by atoms with Crippen LogP contribution in [0.5, 0.6) is 5.75 Å². The molecule has 10 nitrogen and oxygen atoms in total. The zero-order valence-corrected chi connectivity index (χ0v) is 25.3. The van der Waals surface area contributed by atoms with Crippen LogP contribution in [-0.2, 0) is 20.0 Å². The predicted molar refractivity (Wildman–Crippen MR) is 156 cm³/mol. The maximum absolute atomic E-state index is 13.7. The van der Waals surface area contributed by atoms with Gasteiger partial charge in [-0.2, -0.15) is 4.31 Å². The Bertz CT molecular complexity index is 1650. The second-order valence-corrected chi connectivity index (χ2v) is 14.2. The highest BCUT2D eigenvalue weighted by molar-refractivity contribution is 7.92. The third kappa shape index (κ3) is 6.59. The molecule has 0 fully saturated rings. The molecule has 3 atom stereocenters. The van der Waals surface area contributed by atoms with Crippen LogP contribution in [0.15, 0.2) is 76.5 Å². The van der Waals surface area contributed by atoms with Gasteiger partial charge in [0.25, 0.3) is 15.9 Å². The molecule has 42 heavy (non-hydrogen) atoms. The molecule has 0 saturated heterocycles. The summed E-state index contributed by atoms with van der Waals surface area (Å²) in [7, 11) is -6.77. The molecule has 0 aliphatic carbocycles. The lowest BCUT2D eigenvalue weighted by Crippen LogP contribution is -2.50. The molecule has 3 aromatic carbocycles. The first-order valence-electron chi connectivity index (χ1n) is 13.3. The van der Waals surface area contributed by atoms with Gasteiger partial charge >= 0.3 is 0 Å². The summed E-state index contributed by atoms with van der Waals surface area (Å²) in [4.78, 5) is 15.0. The average Bonchev–Trinajstić information content (AvgIpc) is 2.95. The molecule has 1 aliphatic rings. The van der Waals surface area contributed by atoms with Gasteiger partial charge < -0.3 is 14.7 Å². The number of nitrogens with one attached hydrogen (secondary N) is 1. The van der Waals surface area contributed by atoms with E-state index in [9.17, 15) is 31.1 Å². The van der Waals surface area contributed by atoms with Crippen molar-refractivity contribution in [2.45, 2.75) is 42.7 Å². The fraction of sp³-hybridized carbons (Fsp3) is 0.345. The Labute approximate surface area is 245 Å². The Morgan fingerprint density at radius 3 is 2.29 bits per heavy atom. The van der Waals surface area contributed by atoms with Crippen LogP contribution in [0.1, 0.15) is 29.8 Å². The number of likely N-dealkylation sites (N-methyl/N-ethyl adjacent to an activating group) is 1. The molecule has 0 unspecified atom stereocenters. The first-order valence-corrected chi connectivity index (χ1v) is 16.2. The molecule has 0 spiro atoms. The van der Waals surface area contributed by atoms with E-state index in [-0.39, 0.29) is 46.5 Å². The number of carbonyl (C=O) groups is 1. The summed E-state index contributed by atoms with van der Waals surface area (Å²) in [5, 5.41) is 9.89. The molecule has 0 saturated carbocycles. The Hall–Kier alpha value is -3.52. The van der Waals surface area contributed by atoms with Crippen molar-refractivity contribution < 1.29 is 35.9 Å². The SMILES string of the molecule is Cc1ccc(S(=O)(=O)Nc2cccc3c2O[C@H](CN(C)S(=O)(=O)c2ccc(F)cc2)[C@@H](C)CN([C@H](C)CO)C3=O)cc1. The van der Waals surface area contributed by atoms with Gasteiger partial charge in [-0.1, -0.05) is 30.7 Å². The van der Waals surface area contributed by atoms with Crippen molar-refractivity contribution in [3.63, 3.8) is 0 Å². The summed E-state index contributed by atoms with van der Waals surface area (Å²) in [5.74, 6) is -1.56. The van der Waals surface area contributed by atoms with Gasteiger partial charge in [-0.15, -0.1) is 0 Å². The number of amides is 1. The summed E-state index contributed by atoms with van der Waals surface area (Å²) < 4.78 is 76.5. The quantitative estimate of drug-likeness (QED) is 0.375. The van der Waals surface area contributed by atoms with E-state index < -0.39 is 49.8 Å². The van der Waals surface area contributed by atoms with Crippen molar-refractivity contribution in [2.75, 3.05) is 31.5 Å². The number of hydrogen-bond donors (Lipinski definition) is 2. The number of aliphatic hydroxyl groups excluding tert-OH is 1. The highest BCUT2D eigenvalue weighted by Crippen LogP contribution is 2.36. The molecule has 0 aromatic heterocycles. The van der Waals surface area contributed by atoms with Crippen LogP contribution in [0.25, 0.3) is 0 Å². The molecular formula is C29H34FN3O7S2. The van der Waals surface area contributed by atoms with Crippen molar-refractivity contribution >= 4 is 31.6 Å². The van der Waals surface area contributed by atoms with Crippen LogP contribution in [0, 0.1) is 18.7 Å². The second-order valence-electron chi connectivity index (χ2n) is 10.5. The molecule has 4 rings (SSSR count). The number of anilines is 1. The molecular weight excluding hydrogens is 585 g/mol. The number of halogens is 1. The third-order valence-electron chi connectivity index (χ3n) is 7.23. The fourth-order valence-electron chi connectivity index (χ4n) is 4.60. The first-order chi connectivity index (χ1) is 19.7. The molecule has 226 valence electrons. The van der Waals surface area contributed by atoms with Crippen LogP contribution in [0.2, 0.25) is 0 Å². The van der Waals surface area contributed by atoms with Gasteiger partial charge in [-0.3, -0.25) is 9.52 Å². The lowest BCUT2D eigenvalue weighted by Gasteiger charge is -2.38. The van der Waals surface area contributed by atoms with E-state index in [0.29, 0.717) is 0 Å². The van der Waals surface area contributed by atoms with E-state index >= 15 is 0 Å². The van der Waals surface area contributed by atoms with E-state index in [0.717, 1.165) is 22.0 Å². The molecule has 3 aromatic rings. The highest BCUT2D eigenvalue weighted by atomic mass is 32.2. The number of hydrogen-bond acceptors (Lipinski definition) is 7. The Balaban J connectivity index is 1.76. The summed E-state index contributed by atoms with van der Waals surface area (Å²) in [6, 6.07) is 14.6. The zero-order valence-electron chi connectivity index (χ0n) is 23.7. The molecule has 13 heteroatoms. The van der Waals surface area contributed by atoms with Crippen LogP contribution < -0.4 is 9.46 Å². The van der Waals surface area contributed by atoms with Crippen molar-refractivity contribution in [1.82, 2.24) is 9.21 Å². The minimum atomic E-state index is -4.09. The first kappa shape index (κ1) is 31.4. The van der Waals surface area contributed by atoms with E-state index in [2.05, 4.69) is 4.72 Å². The number of para-hydroxylation sites is 1. The molecule has 0 bridgehead atoms. The highest BCUT2D eigenvalue weighted by Gasteiger charge is 2.36. The van der Waals surface area contributed by atoms with E-state index in [1.54, 1.807) is 26.0 Å². The Kier molecular flexibility index (Phi) is 9.26. The van der Waals surface area contributed by atoms with Crippen molar-refractivity contribution in [3.05, 3.63) is 83.7 Å². The maximum atomic E-state index is 13.7. The van der Waals surface area contributed by atoms with Gasteiger partial charge in [0.2, 0.25) is 10.0 Å². The number of carbonyl (C=O) groups excluding carboxylic acids is 1. The summed E-state index contributed by atoms with van der Waals surface area (Å²) in [6.45, 7) is 4.92. The van der Waals surface area contributed by atoms with Gasteiger partial charge in [0.1, 0.15) is 11.9 Å². The van der Waals surface area contributed by atoms with E-state index in [1.807, 2.05) is 6.92 Å². The minimum absolute atomic E-state index is 0.00108. The lowest BCUT2D eigenvalue weighted by molar-refractivity contribution is 0.0389. The topological polar surface area (TPSA) is 133 Å². The minimum Gasteiger partial charge on any atom is -0.486 e. The Morgan fingerprint density at radius 1 is 1.05 bits per heavy atom. The normalized spacial score (nSPS) is 18.5. The molecule has 2 N–H and O–H groups in total. The fourth-order valence-corrected chi connectivity index (χ4v) is 6.85. The van der Waals surface area contributed by atoms with Crippen LogP contribution >= 0.6 is 0 Å². The number of nitrogens with zero attached hydrogens (tertiary/aromatic N) is 2. The molecule has 1 aliphatic heterocycles. The summed E-state index contributed by atoms with van der Waals surface area (Å²) >= 11 is 0. The van der Waals surface area contributed by atoms with Gasteiger partial charge in [0.15, 0.2) is 5.75 Å². The maximum Gasteiger partial charge on any atom is 0.262 e. The average molecular weight is 620 g/mol. The van der Waals surface area contributed by atoms with E-state index in [4.69, 9.17) is 4.74 Å². The van der Waals surface area contributed by atoms with Crippen molar-refractivity contribution in [2.24, 2.45) is 5.92 Å². The molecule has 1 heterocycles. The number of sulfonamides is 2. The van der Waals surface area contributed by atoms with Gasteiger partial charge in [0, 0.05) is 19.5 Å². The largest absolute Gasteiger partial charge is 0.486 e. The smallest absolute Gasteiger partial charge is 0.262 e. The predicted octanol–water partition coefficient (Wildman–Crippen LogP) is 3.48. The third-order valence-corrected chi connectivity index (χ3v) is 10.4. The zero-order chi connectivity index (χ0) is 30.8. The van der Waals surface area contributed by atoms with Gasteiger partial charge in [0.05, 0.1) is 40.2 Å². The standard InChI is InChI=1S/C29H34FN3O7S2/c1-19-8-12-23(13-9-19)41(36,37)31-26-7-5-6-25-28(26)40-27(20(2)16-33(29(25)35)21(3)18-34)17-32(4)42(38,39)24-14-10-22(30)11-15-24/h5-15,20-21,27,31,34H,16-18H2,1-4H3/t20-,21+,27+/m0/s1. The number of ether oxygens (including phenoxy) is 1. The molecule has 1 amide bonds. The monoisotopic (exact) mass is 619 g/mol. The van der Waals surface area contributed by atoms with Gasteiger partial charge in [-0.25, -0.2) is 21.2 Å². The Morgan fingerprint density at radius 2 is 1.67 bits per heavy atom. The van der Waals surface area contributed by atoms with Crippen molar-refractivity contribution in [3.8, 4) is 5.75 Å². The van der Waals surface area contributed by atoms with Gasteiger partial charge in [-0.05, 0) is 62.4 Å².